The predicted octanol–water partition coefficient (Wildman–Crippen LogP) is 3.95. The largest absolute Gasteiger partial charge is 0.506 e. The second-order valence-electron chi connectivity index (χ2n) is 11.4. The fourth-order valence-electron chi connectivity index (χ4n) is 5.89. The molecule has 0 bridgehead atoms. The zero-order valence-electron chi connectivity index (χ0n) is 24.6. The number of rotatable bonds is 9. The first-order valence-corrected chi connectivity index (χ1v) is 16.6. The van der Waals surface area contributed by atoms with Crippen molar-refractivity contribution >= 4 is 38.8 Å². The lowest BCUT2D eigenvalue weighted by Crippen LogP contribution is -2.39. The molecule has 6 rings (SSSR count). The molecule has 10 nitrogen and oxygen atoms in total. The lowest BCUT2D eigenvalue weighted by atomic mass is 9.92. The van der Waals surface area contributed by atoms with Gasteiger partial charge in [-0.05, 0) is 62.2 Å². The molecule has 2 aromatic carbocycles. The van der Waals surface area contributed by atoms with E-state index < -0.39 is 6.10 Å². The van der Waals surface area contributed by atoms with Gasteiger partial charge in [-0.1, -0.05) is 41.7 Å². The minimum atomic E-state index is -0.798. The number of benzene rings is 2. The van der Waals surface area contributed by atoms with Gasteiger partial charge >= 0.3 is 4.87 Å². The predicted molar refractivity (Wildman–Crippen MR) is 172 cm³/mol. The summed E-state index contributed by atoms with van der Waals surface area (Å²) in [6.45, 7) is 6.36. The van der Waals surface area contributed by atoms with Gasteiger partial charge in [-0.2, -0.15) is 0 Å². The number of carbonyl (C=O) groups is 1. The molecule has 232 valence electrons. The molecule has 1 unspecified atom stereocenters. The standard InChI is InChI=1S/C32H37N5O5S2/c1-21-34-25(20-43-21)30(40)37-14-10-32(42-16-15-37)8-12-36(13-9-32)19-23-4-2-3-22(17-23)7-11-33-18-27(39)24-5-6-26(38)28-29(24)44-31(41)35-28/h2-6,8,12,17,20,27,33,38-39H,7,9-11,13-16,18-19H2,1H3,(H,35,41)/t27-,32?/m0/s1. The number of aromatic nitrogens is 2. The van der Waals surface area contributed by atoms with E-state index in [1.54, 1.807) is 6.07 Å². The highest BCUT2D eigenvalue weighted by atomic mass is 32.1. The topological polar surface area (TPSA) is 131 Å². The first-order valence-electron chi connectivity index (χ1n) is 14.9. The van der Waals surface area contributed by atoms with Crippen LogP contribution >= 0.6 is 22.7 Å². The summed E-state index contributed by atoms with van der Waals surface area (Å²) in [5.74, 6) is -0.0144. The molecule has 1 amide bonds. The Bertz CT molecular complexity index is 1710. The van der Waals surface area contributed by atoms with Gasteiger partial charge in [0.05, 0.1) is 28.0 Å². The lowest BCUT2D eigenvalue weighted by molar-refractivity contribution is -0.0179. The van der Waals surface area contributed by atoms with Gasteiger partial charge in [-0.3, -0.25) is 9.59 Å². The molecule has 1 spiro atoms. The SMILES string of the molecule is Cc1nc(C(=O)N2CCOC3(C=CN(Cc4cccc(CCNC[C@H](O)c5ccc(O)c6[nH]c(=O)sc56)c4)CC3)CC2)cs1. The number of aliphatic hydroxyl groups is 1. The summed E-state index contributed by atoms with van der Waals surface area (Å²) in [4.78, 5) is 35.6. The molecule has 2 aliphatic rings. The van der Waals surface area contributed by atoms with Crippen LogP contribution in [0, 0.1) is 6.92 Å². The van der Waals surface area contributed by atoms with Crippen LogP contribution in [0.15, 0.2) is 58.8 Å². The van der Waals surface area contributed by atoms with E-state index in [1.165, 1.54) is 28.5 Å². The molecule has 12 heteroatoms. The van der Waals surface area contributed by atoms with Crippen LogP contribution in [0.2, 0.25) is 0 Å². The number of aryl methyl sites for hydroxylation is 1. The molecule has 0 aliphatic carbocycles. The van der Waals surface area contributed by atoms with Crippen molar-refractivity contribution in [1.82, 2.24) is 25.1 Å². The van der Waals surface area contributed by atoms with Crippen LogP contribution in [0.1, 0.15) is 51.1 Å². The Morgan fingerprint density at radius 1 is 1.20 bits per heavy atom. The monoisotopic (exact) mass is 635 g/mol. The third-order valence-corrected chi connectivity index (χ3v) is 10.0. The summed E-state index contributed by atoms with van der Waals surface area (Å²) >= 11 is 2.49. The van der Waals surface area contributed by atoms with E-state index in [2.05, 4.69) is 56.7 Å². The highest BCUT2D eigenvalue weighted by Gasteiger charge is 2.35. The van der Waals surface area contributed by atoms with Gasteiger partial charge < -0.3 is 35.1 Å². The number of aromatic amines is 1. The molecule has 0 saturated carbocycles. The Morgan fingerprint density at radius 2 is 2.05 bits per heavy atom. The number of nitrogens with one attached hydrogen (secondary N) is 2. The Hall–Kier alpha value is -3.55. The number of hydrogen-bond acceptors (Lipinski definition) is 10. The van der Waals surface area contributed by atoms with Crippen molar-refractivity contribution < 1.29 is 19.7 Å². The Morgan fingerprint density at radius 3 is 2.84 bits per heavy atom. The van der Waals surface area contributed by atoms with Crippen molar-refractivity contribution in [2.24, 2.45) is 0 Å². The van der Waals surface area contributed by atoms with Crippen molar-refractivity contribution in [3.8, 4) is 5.75 Å². The smallest absolute Gasteiger partial charge is 0.305 e. The van der Waals surface area contributed by atoms with Crippen LogP contribution in [0.25, 0.3) is 10.2 Å². The molecular formula is C32H37N5O5S2. The summed E-state index contributed by atoms with van der Waals surface area (Å²) in [5, 5.41) is 26.8. The van der Waals surface area contributed by atoms with Gasteiger partial charge in [0.25, 0.3) is 5.91 Å². The van der Waals surface area contributed by atoms with Crippen molar-refractivity contribution in [2.45, 2.75) is 44.4 Å². The average Bonchev–Trinajstić information content (AvgIpc) is 3.57. The summed E-state index contributed by atoms with van der Waals surface area (Å²) in [6.07, 6.45) is 5.97. The van der Waals surface area contributed by atoms with Gasteiger partial charge in [-0.15, -0.1) is 11.3 Å². The highest BCUT2D eigenvalue weighted by molar-refractivity contribution is 7.16. The van der Waals surface area contributed by atoms with Crippen LogP contribution in [0.5, 0.6) is 5.75 Å². The van der Waals surface area contributed by atoms with Crippen LogP contribution in [-0.4, -0.2) is 80.8 Å². The number of phenolic OH excluding ortho intramolecular Hbond substituents is 1. The Labute approximate surface area is 263 Å². The lowest BCUT2D eigenvalue weighted by Gasteiger charge is -2.36. The molecule has 4 N–H and O–H groups in total. The first-order chi connectivity index (χ1) is 21.3. The first kappa shape index (κ1) is 30.5. The van der Waals surface area contributed by atoms with Crippen molar-refractivity contribution in [1.29, 1.82) is 0 Å². The molecule has 4 aromatic rings. The van der Waals surface area contributed by atoms with E-state index >= 15 is 0 Å². The number of carbonyl (C=O) groups excluding carboxylic acids is 1. The minimum absolute atomic E-state index is 0.00178. The van der Waals surface area contributed by atoms with Crippen LogP contribution < -0.4 is 10.2 Å². The maximum absolute atomic E-state index is 12.9. The number of ether oxygens (including phenoxy) is 1. The maximum Gasteiger partial charge on any atom is 0.305 e. The molecule has 0 radical (unpaired) electrons. The van der Waals surface area contributed by atoms with Crippen molar-refractivity contribution in [3.63, 3.8) is 0 Å². The fourth-order valence-corrected chi connectivity index (χ4v) is 7.39. The fraction of sp³-hybridized carbons (Fsp3) is 0.406. The number of fused-ring (bicyclic) bond motifs is 1. The maximum atomic E-state index is 12.9. The van der Waals surface area contributed by atoms with Crippen LogP contribution in [-0.2, 0) is 17.7 Å². The van der Waals surface area contributed by atoms with Gasteiger partial charge in [0, 0.05) is 43.7 Å². The van der Waals surface area contributed by atoms with Crippen molar-refractivity contribution in [2.75, 3.05) is 39.3 Å². The number of nitrogens with zero attached hydrogens (tertiary/aromatic N) is 3. The van der Waals surface area contributed by atoms with Crippen LogP contribution in [0.3, 0.4) is 0 Å². The van der Waals surface area contributed by atoms with E-state index in [0.29, 0.717) is 54.3 Å². The number of hydrogen-bond donors (Lipinski definition) is 4. The molecule has 1 fully saturated rings. The molecular weight excluding hydrogens is 599 g/mol. The second kappa shape index (κ2) is 13.2. The number of H-pyrrole nitrogens is 1. The Kier molecular flexibility index (Phi) is 9.15. The van der Waals surface area contributed by atoms with E-state index in [9.17, 15) is 19.8 Å². The zero-order chi connectivity index (χ0) is 30.7. The zero-order valence-corrected chi connectivity index (χ0v) is 26.3. The number of thiazole rings is 2. The van der Waals surface area contributed by atoms with Gasteiger partial charge in [0.1, 0.15) is 17.0 Å². The summed E-state index contributed by atoms with van der Waals surface area (Å²) in [5.41, 5.74) is 3.62. The van der Waals surface area contributed by atoms with Crippen LogP contribution in [0.4, 0.5) is 0 Å². The molecule has 44 heavy (non-hydrogen) atoms. The average molecular weight is 636 g/mol. The molecule has 2 aliphatic heterocycles. The normalized spacial score (nSPS) is 19.5. The molecule has 2 aromatic heterocycles. The van der Waals surface area contributed by atoms with E-state index in [0.717, 1.165) is 48.7 Å². The molecule has 2 atom stereocenters. The second-order valence-corrected chi connectivity index (χ2v) is 13.5. The third kappa shape index (κ3) is 6.89. The Balaban J connectivity index is 0.980. The quantitative estimate of drug-likeness (QED) is 0.204. The summed E-state index contributed by atoms with van der Waals surface area (Å²) in [7, 11) is 0. The third-order valence-electron chi connectivity index (χ3n) is 8.34. The highest BCUT2D eigenvalue weighted by Crippen LogP contribution is 2.32. The number of aliphatic hydroxyl groups excluding tert-OH is 1. The molecule has 1 saturated heterocycles. The van der Waals surface area contributed by atoms with Gasteiger partial charge in [-0.25, -0.2) is 4.98 Å². The van der Waals surface area contributed by atoms with E-state index in [1.807, 2.05) is 17.2 Å². The number of phenols is 1. The minimum Gasteiger partial charge on any atom is -0.506 e. The number of amides is 1. The summed E-state index contributed by atoms with van der Waals surface area (Å²) in [6, 6.07) is 11.7. The molecule has 4 heterocycles. The van der Waals surface area contributed by atoms with Gasteiger partial charge in [0.2, 0.25) is 0 Å². The van der Waals surface area contributed by atoms with E-state index in [4.69, 9.17) is 4.74 Å². The van der Waals surface area contributed by atoms with E-state index in [-0.39, 0.29) is 22.1 Å². The van der Waals surface area contributed by atoms with Crippen molar-refractivity contribution in [3.05, 3.63) is 91.1 Å². The summed E-state index contributed by atoms with van der Waals surface area (Å²) < 4.78 is 6.90. The van der Waals surface area contributed by atoms with Gasteiger partial charge in [0.15, 0.2) is 0 Å². The number of aromatic hydroxyl groups is 1.